The molecule has 0 radical (unpaired) electrons. The summed E-state index contributed by atoms with van der Waals surface area (Å²) in [5, 5.41) is 3.88. The molecule has 0 saturated carbocycles. The first-order valence-electron chi connectivity index (χ1n) is 10.5. The number of amides is 3. The lowest BCUT2D eigenvalue weighted by Crippen LogP contribution is -2.54. The molecule has 3 saturated heterocycles. The van der Waals surface area contributed by atoms with Crippen LogP contribution in [0.25, 0.3) is 0 Å². The van der Waals surface area contributed by atoms with Crippen molar-refractivity contribution < 1.29 is 14.4 Å². The van der Waals surface area contributed by atoms with E-state index < -0.39 is 23.3 Å². The van der Waals surface area contributed by atoms with Gasteiger partial charge in [-0.2, -0.15) is 0 Å². The van der Waals surface area contributed by atoms with Crippen LogP contribution in [0.4, 0.5) is 11.4 Å². The first kappa shape index (κ1) is 20.5. The first-order valence-corrected chi connectivity index (χ1v) is 11.6. The van der Waals surface area contributed by atoms with Crippen molar-refractivity contribution in [2.45, 2.75) is 31.3 Å². The number of carbonyl (C=O) groups excluding carboxylic acids is 3. The van der Waals surface area contributed by atoms with E-state index in [9.17, 15) is 14.4 Å². The average molecular weight is 491 g/mol. The van der Waals surface area contributed by atoms with Crippen LogP contribution < -0.4 is 10.2 Å². The van der Waals surface area contributed by atoms with Crippen molar-refractivity contribution >= 4 is 63.9 Å². The molecule has 0 aliphatic carbocycles. The van der Waals surface area contributed by atoms with Gasteiger partial charge in [-0.25, -0.2) is 4.90 Å². The number of fused-ring (bicyclic) bond motifs is 7. The molecule has 0 unspecified atom stereocenters. The molecule has 1 N–H and O–H groups in total. The Morgan fingerprint density at radius 1 is 1.09 bits per heavy atom. The number of imide groups is 1. The van der Waals surface area contributed by atoms with Gasteiger partial charge in [0.25, 0.3) is 0 Å². The number of carbonyl (C=O) groups is 3. The summed E-state index contributed by atoms with van der Waals surface area (Å²) in [6.07, 6.45) is 1.58. The van der Waals surface area contributed by atoms with Gasteiger partial charge in [-0.05, 0) is 56.1 Å². The van der Waals surface area contributed by atoms with Crippen LogP contribution in [-0.2, 0) is 19.9 Å². The number of anilines is 2. The molecule has 3 amide bonds. The fourth-order valence-electron chi connectivity index (χ4n) is 6.34. The number of nitrogens with one attached hydrogen (secondary N) is 1. The summed E-state index contributed by atoms with van der Waals surface area (Å²) in [5.74, 6) is -2.56. The zero-order valence-electron chi connectivity index (χ0n) is 17.0. The van der Waals surface area contributed by atoms with Gasteiger partial charge in [-0.15, -0.1) is 0 Å². The van der Waals surface area contributed by atoms with Gasteiger partial charge >= 0.3 is 0 Å². The summed E-state index contributed by atoms with van der Waals surface area (Å²) < 4.78 is 0. The molecule has 4 aliphatic heterocycles. The fourth-order valence-corrected chi connectivity index (χ4v) is 6.99. The van der Waals surface area contributed by atoms with Crippen molar-refractivity contribution in [1.82, 2.24) is 4.90 Å². The van der Waals surface area contributed by atoms with E-state index in [4.69, 9.17) is 34.8 Å². The van der Waals surface area contributed by atoms with Gasteiger partial charge in [0.05, 0.1) is 27.6 Å². The third kappa shape index (κ3) is 2.29. The Kier molecular flexibility index (Phi) is 4.29. The maximum atomic E-state index is 13.9. The van der Waals surface area contributed by atoms with Crippen LogP contribution in [0.5, 0.6) is 0 Å². The van der Waals surface area contributed by atoms with E-state index >= 15 is 0 Å². The van der Waals surface area contributed by atoms with Crippen molar-refractivity contribution in [3.63, 3.8) is 0 Å². The molecule has 9 heteroatoms. The quantitative estimate of drug-likeness (QED) is 0.602. The number of halogens is 3. The van der Waals surface area contributed by atoms with Gasteiger partial charge in [-0.3, -0.25) is 19.3 Å². The minimum Gasteiger partial charge on any atom is -0.324 e. The minimum absolute atomic E-state index is 0.142. The first-order chi connectivity index (χ1) is 15.3. The highest BCUT2D eigenvalue weighted by Gasteiger charge is 2.74. The van der Waals surface area contributed by atoms with E-state index in [-0.39, 0.29) is 33.6 Å². The summed E-state index contributed by atoms with van der Waals surface area (Å²) >= 11 is 19.0. The molecule has 2 aromatic rings. The molecule has 3 fully saturated rings. The van der Waals surface area contributed by atoms with E-state index in [1.54, 1.807) is 30.3 Å². The second-order valence-corrected chi connectivity index (χ2v) is 10.1. The lowest BCUT2D eigenvalue weighted by atomic mass is 9.75. The molecule has 1 spiro atoms. The number of rotatable bonds is 1. The average Bonchev–Trinajstić information content (AvgIpc) is 3.44. The number of hydrogen-bond acceptors (Lipinski definition) is 4. The summed E-state index contributed by atoms with van der Waals surface area (Å²) in [6, 6.07) is 8.19. The smallest absolute Gasteiger partial charge is 0.250 e. The minimum atomic E-state index is -1.27. The Morgan fingerprint density at radius 2 is 1.88 bits per heavy atom. The summed E-state index contributed by atoms with van der Waals surface area (Å²) in [4.78, 5) is 44.5. The summed E-state index contributed by atoms with van der Waals surface area (Å²) in [7, 11) is 0. The van der Waals surface area contributed by atoms with Crippen LogP contribution in [0.3, 0.4) is 0 Å². The molecule has 32 heavy (non-hydrogen) atoms. The molecule has 6 nitrogen and oxygen atoms in total. The lowest BCUT2D eigenvalue weighted by Gasteiger charge is -2.36. The molecule has 4 atom stereocenters. The lowest BCUT2D eigenvalue weighted by molar-refractivity contribution is -0.135. The molecule has 4 aliphatic rings. The largest absolute Gasteiger partial charge is 0.324 e. The zero-order chi connectivity index (χ0) is 22.5. The molecule has 4 heterocycles. The van der Waals surface area contributed by atoms with E-state index in [0.29, 0.717) is 22.8 Å². The van der Waals surface area contributed by atoms with Crippen molar-refractivity contribution in [2.75, 3.05) is 16.8 Å². The Bertz CT molecular complexity index is 1250. The second-order valence-electron chi connectivity index (χ2n) is 8.86. The number of aryl methyl sites for hydroxylation is 1. The topological polar surface area (TPSA) is 69.7 Å². The monoisotopic (exact) mass is 489 g/mol. The van der Waals surface area contributed by atoms with Crippen LogP contribution in [0.1, 0.15) is 24.0 Å². The van der Waals surface area contributed by atoms with Crippen LogP contribution in [-0.4, -0.2) is 35.2 Å². The van der Waals surface area contributed by atoms with Crippen LogP contribution in [0.2, 0.25) is 15.1 Å². The molecule has 6 rings (SSSR count). The second kappa shape index (κ2) is 6.70. The molecular formula is C23H18Cl3N3O3. The number of benzene rings is 2. The van der Waals surface area contributed by atoms with Gasteiger partial charge in [0, 0.05) is 22.3 Å². The van der Waals surface area contributed by atoms with Gasteiger partial charge in [0.15, 0.2) is 0 Å². The number of nitrogens with zero attached hydrogens (tertiary/aromatic N) is 2. The Hall–Kier alpha value is -2.12. The van der Waals surface area contributed by atoms with Crippen molar-refractivity contribution in [3.05, 3.63) is 56.5 Å². The highest BCUT2D eigenvalue weighted by atomic mass is 35.5. The Balaban J connectivity index is 1.59. The fraction of sp³-hybridized carbons (Fsp3) is 0.348. The highest BCUT2D eigenvalue weighted by molar-refractivity contribution is 6.45. The molecule has 164 valence electrons. The normalized spacial score (nSPS) is 30.8. The predicted molar refractivity (Wildman–Crippen MR) is 122 cm³/mol. The van der Waals surface area contributed by atoms with Gasteiger partial charge in [-0.1, -0.05) is 40.9 Å². The Morgan fingerprint density at radius 3 is 2.66 bits per heavy atom. The SMILES string of the molecule is Cc1cc(Cl)cc2c1NC(=O)[C@@]21[C@@H]2C(=O)N(c3cccc(Cl)c3Cl)C(=O)[C@H]2[C@@H]2CCCN21. The standard InChI is InChI=1S/C23H18Cl3N3O3/c1-10-8-11(24)9-12-19(10)27-22(32)23(12)17-16(14-6-3-7-28(14)23)20(30)29(21(17)31)15-5-2-4-13(25)18(15)26/h2,4-5,8-9,14,16-17H,3,6-7H2,1H3,(H,27,32)/t14-,16-,17-,23-/m0/s1. The van der Waals surface area contributed by atoms with E-state index in [2.05, 4.69) is 10.2 Å². The van der Waals surface area contributed by atoms with E-state index in [1.165, 1.54) is 0 Å². The van der Waals surface area contributed by atoms with Crippen molar-refractivity contribution in [3.8, 4) is 0 Å². The van der Waals surface area contributed by atoms with E-state index in [1.807, 2.05) is 6.92 Å². The maximum Gasteiger partial charge on any atom is 0.250 e. The van der Waals surface area contributed by atoms with E-state index in [0.717, 1.165) is 23.3 Å². The van der Waals surface area contributed by atoms with Crippen LogP contribution >= 0.6 is 34.8 Å². The third-order valence-electron chi connectivity index (χ3n) is 7.44. The summed E-state index contributed by atoms with van der Waals surface area (Å²) in [6.45, 7) is 2.51. The maximum absolute atomic E-state index is 13.9. The van der Waals surface area contributed by atoms with Crippen LogP contribution in [0, 0.1) is 18.8 Å². The van der Waals surface area contributed by atoms with Gasteiger partial charge < -0.3 is 5.32 Å². The molecule has 0 aromatic heterocycles. The van der Waals surface area contributed by atoms with Crippen molar-refractivity contribution in [1.29, 1.82) is 0 Å². The zero-order valence-corrected chi connectivity index (χ0v) is 19.3. The molecule has 2 aromatic carbocycles. The van der Waals surface area contributed by atoms with Crippen molar-refractivity contribution in [2.24, 2.45) is 11.8 Å². The Labute approximate surface area is 199 Å². The van der Waals surface area contributed by atoms with Gasteiger partial charge in [0.1, 0.15) is 5.54 Å². The molecular weight excluding hydrogens is 473 g/mol. The highest BCUT2D eigenvalue weighted by Crippen LogP contribution is 2.61. The molecule has 0 bridgehead atoms. The third-order valence-corrected chi connectivity index (χ3v) is 8.46. The predicted octanol–water partition coefficient (Wildman–Crippen LogP) is 4.39. The van der Waals surface area contributed by atoms with Crippen LogP contribution in [0.15, 0.2) is 30.3 Å². The van der Waals surface area contributed by atoms with Gasteiger partial charge in [0.2, 0.25) is 17.7 Å². The number of hydrogen-bond donors (Lipinski definition) is 1. The summed E-state index contributed by atoms with van der Waals surface area (Å²) in [5.41, 5.74) is 1.15.